The maximum atomic E-state index is 12.9. The lowest BCUT2D eigenvalue weighted by Gasteiger charge is -2.29. The molecule has 0 saturated carbocycles. The number of ketones is 1. The van der Waals surface area contributed by atoms with E-state index < -0.39 is 0 Å². The standard InChI is InChI=1S/C19H19NO2/c1-20-12-17(14-7-4-3-5-8-14)19(21)18(13-20)15-9-6-10-16(11-15)22-2/h3-11,13,17H,12H2,1-2H3. The Kier molecular flexibility index (Phi) is 3.96. The topological polar surface area (TPSA) is 29.5 Å². The van der Waals surface area contributed by atoms with Crippen molar-refractivity contribution in [3.8, 4) is 5.75 Å². The average molecular weight is 293 g/mol. The largest absolute Gasteiger partial charge is 0.497 e. The molecular weight excluding hydrogens is 274 g/mol. The highest BCUT2D eigenvalue weighted by Gasteiger charge is 2.29. The van der Waals surface area contributed by atoms with E-state index in [1.807, 2.05) is 67.8 Å². The molecule has 3 heteroatoms. The molecule has 1 heterocycles. The minimum absolute atomic E-state index is 0.127. The molecule has 1 aliphatic heterocycles. The van der Waals surface area contributed by atoms with Crippen molar-refractivity contribution in [2.75, 3.05) is 20.7 Å². The molecule has 3 rings (SSSR count). The number of rotatable bonds is 3. The van der Waals surface area contributed by atoms with Gasteiger partial charge in [-0.25, -0.2) is 0 Å². The van der Waals surface area contributed by atoms with Gasteiger partial charge in [-0.1, -0.05) is 42.5 Å². The highest BCUT2D eigenvalue weighted by atomic mass is 16.5. The van der Waals surface area contributed by atoms with Crippen molar-refractivity contribution in [2.24, 2.45) is 0 Å². The van der Waals surface area contributed by atoms with Crippen LogP contribution in [-0.2, 0) is 4.79 Å². The molecule has 1 aliphatic rings. The number of ether oxygens (including phenoxy) is 1. The predicted molar refractivity (Wildman–Crippen MR) is 87.8 cm³/mol. The fourth-order valence-corrected chi connectivity index (χ4v) is 2.84. The molecule has 0 spiro atoms. The maximum absolute atomic E-state index is 12.9. The van der Waals surface area contributed by atoms with Gasteiger partial charge in [0, 0.05) is 25.4 Å². The van der Waals surface area contributed by atoms with E-state index in [2.05, 4.69) is 4.90 Å². The second-order valence-corrected chi connectivity index (χ2v) is 5.54. The lowest BCUT2D eigenvalue weighted by Crippen LogP contribution is -2.31. The van der Waals surface area contributed by atoms with Gasteiger partial charge in [-0.3, -0.25) is 4.79 Å². The SMILES string of the molecule is COc1cccc(C2=CN(C)CC(c3ccccc3)C2=O)c1. The highest BCUT2D eigenvalue weighted by Crippen LogP contribution is 2.31. The Morgan fingerprint density at radius 2 is 1.86 bits per heavy atom. The van der Waals surface area contributed by atoms with Gasteiger partial charge in [0.1, 0.15) is 5.75 Å². The summed E-state index contributed by atoms with van der Waals surface area (Å²) in [6.45, 7) is 0.705. The molecule has 1 unspecified atom stereocenters. The Bertz CT molecular complexity index is 706. The van der Waals surface area contributed by atoms with Crippen LogP contribution >= 0.6 is 0 Å². The Labute approximate surface area is 130 Å². The van der Waals surface area contributed by atoms with Crippen molar-refractivity contribution in [3.05, 3.63) is 71.9 Å². The summed E-state index contributed by atoms with van der Waals surface area (Å²) in [4.78, 5) is 15.0. The molecule has 2 aromatic rings. The van der Waals surface area contributed by atoms with Crippen molar-refractivity contribution < 1.29 is 9.53 Å². The summed E-state index contributed by atoms with van der Waals surface area (Å²) >= 11 is 0. The van der Waals surface area contributed by atoms with Crippen LogP contribution in [0.2, 0.25) is 0 Å². The first-order chi connectivity index (χ1) is 10.7. The van der Waals surface area contributed by atoms with Crippen LogP contribution in [0.1, 0.15) is 17.0 Å². The second-order valence-electron chi connectivity index (χ2n) is 5.54. The summed E-state index contributed by atoms with van der Waals surface area (Å²) in [5.41, 5.74) is 2.70. The van der Waals surface area contributed by atoms with Gasteiger partial charge in [0.2, 0.25) is 0 Å². The van der Waals surface area contributed by atoms with E-state index in [4.69, 9.17) is 4.74 Å². The van der Waals surface area contributed by atoms with Crippen LogP contribution in [0.4, 0.5) is 0 Å². The van der Waals surface area contributed by atoms with E-state index in [1.165, 1.54) is 0 Å². The molecule has 3 nitrogen and oxygen atoms in total. The smallest absolute Gasteiger partial charge is 0.174 e. The molecule has 0 aromatic heterocycles. The third-order valence-electron chi connectivity index (χ3n) is 3.98. The molecule has 0 amide bonds. The van der Waals surface area contributed by atoms with Crippen molar-refractivity contribution in [1.82, 2.24) is 4.90 Å². The minimum atomic E-state index is -0.127. The van der Waals surface area contributed by atoms with Crippen molar-refractivity contribution in [2.45, 2.75) is 5.92 Å². The number of methoxy groups -OCH3 is 1. The number of allylic oxidation sites excluding steroid dienone is 1. The van der Waals surface area contributed by atoms with Gasteiger partial charge in [0.15, 0.2) is 5.78 Å². The van der Waals surface area contributed by atoms with Gasteiger partial charge in [0.05, 0.1) is 13.0 Å². The fraction of sp³-hybridized carbons (Fsp3) is 0.211. The minimum Gasteiger partial charge on any atom is -0.497 e. The second kappa shape index (κ2) is 6.06. The van der Waals surface area contributed by atoms with E-state index in [0.717, 1.165) is 22.4 Å². The highest BCUT2D eigenvalue weighted by molar-refractivity contribution is 6.24. The Balaban J connectivity index is 1.99. The number of benzene rings is 2. The molecule has 0 fully saturated rings. The molecule has 0 bridgehead atoms. The summed E-state index contributed by atoms with van der Waals surface area (Å²) in [6, 6.07) is 17.6. The molecule has 1 atom stereocenters. The van der Waals surface area contributed by atoms with Gasteiger partial charge in [-0.05, 0) is 23.3 Å². The van der Waals surface area contributed by atoms with Crippen molar-refractivity contribution in [3.63, 3.8) is 0 Å². The number of Topliss-reactive ketones (excluding diaryl/α,β-unsaturated/α-hetero) is 1. The Morgan fingerprint density at radius 1 is 1.09 bits per heavy atom. The predicted octanol–water partition coefficient (Wildman–Crippen LogP) is 3.33. The summed E-state index contributed by atoms with van der Waals surface area (Å²) in [5, 5.41) is 0. The number of hydrogen-bond acceptors (Lipinski definition) is 3. The number of likely N-dealkylation sites (N-methyl/N-ethyl adjacent to an activating group) is 1. The van der Waals surface area contributed by atoms with Crippen molar-refractivity contribution in [1.29, 1.82) is 0 Å². The monoisotopic (exact) mass is 293 g/mol. The molecule has 0 radical (unpaired) electrons. The van der Waals surface area contributed by atoms with Gasteiger partial charge >= 0.3 is 0 Å². The number of nitrogens with zero attached hydrogens (tertiary/aromatic N) is 1. The van der Waals surface area contributed by atoms with E-state index >= 15 is 0 Å². The first-order valence-electron chi connectivity index (χ1n) is 7.34. The van der Waals surface area contributed by atoms with Gasteiger partial charge in [-0.15, -0.1) is 0 Å². The summed E-state index contributed by atoms with van der Waals surface area (Å²) in [5.74, 6) is 0.797. The Morgan fingerprint density at radius 3 is 2.59 bits per heavy atom. The first-order valence-corrected chi connectivity index (χ1v) is 7.34. The molecule has 22 heavy (non-hydrogen) atoms. The fourth-order valence-electron chi connectivity index (χ4n) is 2.84. The summed E-state index contributed by atoms with van der Waals surface area (Å²) < 4.78 is 5.27. The lowest BCUT2D eigenvalue weighted by atomic mass is 9.85. The van der Waals surface area contributed by atoms with Crippen LogP contribution in [0.5, 0.6) is 5.75 Å². The third-order valence-corrected chi connectivity index (χ3v) is 3.98. The van der Waals surface area contributed by atoms with E-state index in [-0.39, 0.29) is 11.7 Å². The molecular formula is C19H19NO2. The van der Waals surface area contributed by atoms with Crippen LogP contribution < -0.4 is 4.74 Å². The molecule has 0 N–H and O–H groups in total. The van der Waals surface area contributed by atoms with Crippen molar-refractivity contribution >= 4 is 11.4 Å². The normalized spacial score (nSPS) is 18.1. The van der Waals surface area contributed by atoms with Gasteiger partial charge < -0.3 is 9.64 Å². The number of carbonyl (C=O) groups is 1. The molecule has 0 aliphatic carbocycles. The number of hydrogen-bond donors (Lipinski definition) is 0. The van der Waals surface area contributed by atoms with Gasteiger partial charge in [0.25, 0.3) is 0 Å². The lowest BCUT2D eigenvalue weighted by molar-refractivity contribution is -0.115. The van der Waals surface area contributed by atoms with E-state index in [1.54, 1.807) is 7.11 Å². The molecule has 0 saturated heterocycles. The van der Waals surface area contributed by atoms with Gasteiger partial charge in [-0.2, -0.15) is 0 Å². The first kappa shape index (κ1) is 14.4. The zero-order valence-electron chi connectivity index (χ0n) is 12.8. The Hall–Kier alpha value is -2.55. The van der Waals surface area contributed by atoms with Crippen LogP contribution in [0.25, 0.3) is 5.57 Å². The molecule has 112 valence electrons. The summed E-state index contributed by atoms with van der Waals surface area (Å²) in [7, 11) is 3.64. The third kappa shape index (κ3) is 2.75. The summed E-state index contributed by atoms with van der Waals surface area (Å²) in [6.07, 6.45) is 1.93. The number of carbonyl (C=O) groups excluding carboxylic acids is 1. The average Bonchev–Trinajstić information content (AvgIpc) is 2.57. The van der Waals surface area contributed by atoms with Crippen LogP contribution in [0.3, 0.4) is 0 Å². The zero-order valence-corrected chi connectivity index (χ0v) is 12.8. The van der Waals surface area contributed by atoms with Crippen LogP contribution in [-0.4, -0.2) is 31.4 Å². The van der Waals surface area contributed by atoms with Crippen LogP contribution in [0.15, 0.2) is 60.8 Å². The van der Waals surface area contributed by atoms with Crippen LogP contribution in [0, 0.1) is 0 Å². The zero-order chi connectivity index (χ0) is 15.5. The molecule has 2 aromatic carbocycles. The van der Waals surface area contributed by atoms with E-state index in [9.17, 15) is 4.79 Å². The maximum Gasteiger partial charge on any atom is 0.174 e. The van der Waals surface area contributed by atoms with E-state index in [0.29, 0.717) is 6.54 Å². The quantitative estimate of drug-likeness (QED) is 0.869.